The maximum absolute atomic E-state index is 13.1. The van der Waals surface area contributed by atoms with Crippen LogP contribution in [0.15, 0.2) is 18.3 Å². The molecule has 1 aromatic heterocycles. The molecule has 0 spiro atoms. The van der Waals surface area contributed by atoms with Crippen molar-refractivity contribution in [1.82, 2.24) is 10.3 Å². The lowest BCUT2D eigenvalue weighted by Gasteiger charge is -2.08. The Bertz CT molecular complexity index is 369. The van der Waals surface area contributed by atoms with Gasteiger partial charge in [0.15, 0.2) is 0 Å². The third-order valence-electron chi connectivity index (χ3n) is 2.06. The second-order valence-corrected chi connectivity index (χ2v) is 3.87. The van der Waals surface area contributed by atoms with Crippen LogP contribution in [0.2, 0.25) is 0 Å². The van der Waals surface area contributed by atoms with Crippen LogP contribution in [0.4, 0.5) is 4.39 Å². The van der Waals surface area contributed by atoms with Crippen LogP contribution in [0.1, 0.15) is 30.6 Å². The molecular weight excluding hydrogens is 223 g/mol. The van der Waals surface area contributed by atoms with E-state index >= 15 is 0 Å². The third kappa shape index (κ3) is 4.91. The van der Waals surface area contributed by atoms with Crippen molar-refractivity contribution in [2.24, 2.45) is 0 Å². The molecule has 0 unspecified atom stereocenters. The van der Waals surface area contributed by atoms with E-state index in [-0.39, 0.29) is 11.7 Å². The van der Waals surface area contributed by atoms with E-state index in [9.17, 15) is 9.18 Å². The van der Waals surface area contributed by atoms with Gasteiger partial charge in [-0.2, -0.15) is 4.39 Å². The first kappa shape index (κ1) is 13.6. The van der Waals surface area contributed by atoms with Gasteiger partial charge < -0.3 is 10.1 Å². The number of amides is 1. The maximum atomic E-state index is 13.1. The normalized spacial score (nSPS) is 10.6. The molecule has 0 saturated carbocycles. The molecule has 0 aliphatic carbocycles. The molecule has 17 heavy (non-hydrogen) atoms. The fourth-order valence-corrected chi connectivity index (χ4v) is 1.24. The number of carbonyl (C=O) groups is 1. The second-order valence-electron chi connectivity index (χ2n) is 3.87. The molecule has 0 saturated heterocycles. The van der Waals surface area contributed by atoms with Gasteiger partial charge in [0, 0.05) is 19.3 Å². The summed E-state index contributed by atoms with van der Waals surface area (Å²) in [7, 11) is 0. The maximum Gasteiger partial charge on any atom is 0.255 e. The van der Waals surface area contributed by atoms with Gasteiger partial charge in [-0.3, -0.25) is 4.79 Å². The quantitative estimate of drug-likeness (QED) is 0.609. The molecule has 5 heteroatoms. The van der Waals surface area contributed by atoms with E-state index in [4.69, 9.17) is 4.74 Å². The van der Waals surface area contributed by atoms with Crippen LogP contribution in [-0.2, 0) is 4.74 Å². The van der Waals surface area contributed by atoms with E-state index in [2.05, 4.69) is 10.3 Å². The summed E-state index contributed by atoms with van der Waals surface area (Å²) in [6.45, 7) is 4.93. The molecule has 1 rings (SSSR count). The minimum absolute atomic E-state index is 0.0303. The van der Waals surface area contributed by atoms with Crippen LogP contribution >= 0.6 is 0 Å². The average Bonchev–Trinajstić information content (AvgIpc) is 2.28. The molecule has 1 amide bonds. The first-order valence-corrected chi connectivity index (χ1v) is 5.61. The molecule has 0 aromatic carbocycles. The molecule has 94 valence electrons. The molecule has 0 fully saturated rings. The van der Waals surface area contributed by atoms with Gasteiger partial charge in [0.05, 0.1) is 11.7 Å². The Labute approximate surface area is 100 Å². The molecule has 1 N–H and O–H groups in total. The summed E-state index contributed by atoms with van der Waals surface area (Å²) in [5.74, 6) is -1.19. The molecular formula is C12H17FN2O2. The molecule has 1 aromatic rings. The van der Waals surface area contributed by atoms with Gasteiger partial charge in [0.2, 0.25) is 5.95 Å². The summed E-state index contributed by atoms with van der Waals surface area (Å²) in [6, 6.07) is 2.93. The van der Waals surface area contributed by atoms with Crippen molar-refractivity contribution < 1.29 is 13.9 Å². The smallest absolute Gasteiger partial charge is 0.255 e. The lowest BCUT2D eigenvalue weighted by molar-refractivity contribution is 0.0756. The largest absolute Gasteiger partial charge is 0.379 e. The van der Waals surface area contributed by atoms with Gasteiger partial charge in [-0.05, 0) is 32.4 Å². The van der Waals surface area contributed by atoms with E-state index < -0.39 is 11.9 Å². The van der Waals surface area contributed by atoms with Gasteiger partial charge in [-0.25, -0.2) is 4.98 Å². The van der Waals surface area contributed by atoms with Crippen LogP contribution in [0.5, 0.6) is 0 Å². The first-order chi connectivity index (χ1) is 8.11. The number of nitrogens with one attached hydrogen (secondary N) is 1. The Morgan fingerprint density at radius 3 is 3.00 bits per heavy atom. The summed E-state index contributed by atoms with van der Waals surface area (Å²) in [4.78, 5) is 14.9. The van der Waals surface area contributed by atoms with Gasteiger partial charge in [0.1, 0.15) is 0 Å². The molecule has 4 nitrogen and oxygen atoms in total. The Morgan fingerprint density at radius 2 is 2.35 bits per heavy atom. The highest BCUT2D eigenvalue weighted by Crippen LogP contribution is 2.02. The molecule has 0 aliphatic rings. The first-order valence-electron chi connectivity index (χ1n) is 5.61. The summed E-state index contributed by atoms with van der Waals surface area (Å²) < 4.78 is 18.4. The second kappa shape index (κ2) is 6.96. The number of halogens is 1. The zero-order chi connectivity index (χ0) is 12.7. The van der Waals surface area contributed by atoms with E-state index in [1.165, 1.54) is 18.3 Å². The van der Waals surface area contributed by atoms with Crippen molar-refractivity contribution in [2.75, 3.05) is 13.2 Å². The Balaban J connectivity index is 2.29. The SMILES string of the molecule is CC(C)OCCCNC(=O)c1cccnc1F. The molecule has 0 radical (unpaired) electrons. The van der Waals surface area contributed by atoms with E-state index in [0.717, 1.165) is 0 Å². The fraction of sp³-hybridized carbons (Fsp3) is 0.500. The Hall–Kier alpha value is -1.49. The number of rotatable bonds is 6. The van der Waals surface area contributed by atoms with E-state index in [0.29, 0.717) is 19.6 Å². The van der Waals surface area contributed by atoms with Crippen LogP contribution in [0, 0.1) is 5.95 Å². The zero-order valence-corrected chi connectivity index (χ0v) is 10.1. The monoisotopic (exact) mass is 240 g/mol. The number of hydrogen-bond donors (Lipinski definition) is 1. The number of pyridine rings is 1. The number of carbonyl (C=O) groups excluding carboxylic acids is 1. The lowest BCUT2D eigenvalue weighted by atomic mass is 10.2. The molecule has 0 atom stereocenters. The van der Waals surface area contributed by atoms with Crippen molar-refractivity contribution >= 4 is 5.91 Å². The standard InChI is InChI=1S/C12H17FN2O2/c1-9(2)17-8-4-7-15-12(16)10-5-3-6-14-11(10)13/h3,5-6,9H,4,7-8H2,1-2H3,(H,15,16). The topological polar surface area (TPSA) is 51.2 Å². The Morgan fingerprint density at radius 1 is 1.59 bits per heavy atom. The van der Waals surface area contributed by atoms with Crippen molar-refractivity contribution in [3.05, 3.63) is 29.8 Å². The summed E-state index contributed by atoms with van der Waals surface area (Å²) in [6.07, 6.45) is 2.19. The fourth-order valence-electron chi connectivity index (χ4n) is 1.24. The van der Waals surface area contributed by atoms with Crippen LogP contribution in [0.3, 0.4) is 0 Å². The van der Waals surface area contributed by atoms with Crippen molar-refractivity contribution in [3.8, 4) is 0 Å². The minimum Gasteiger partial charge on any atom is -0.379 e. The number of ether oxygens (including phenoxy) is 1. The van der Waals surface area contributed by atoms with Crippen LogP contribution < -0.4 is 5.32 Å². The van der Waals surface area contributed by atoms with Crippen LogP contribution in [0.25, 0.3) is 0 Å². The predicted molar refractivity (Wildman–Crippen MR) is 62.2 cm³/mol. The Kier molecular flexibility index (Phi) is 5.56. The highest BCUT2D eigenvalue weighted by Gasteiger charge is 2.10. The third-order valence-corrected chi connectivity index (χ3v) is 2.06. The highest BCUT2D eigenvalue weighted by atomic mass is 19.1. The number of aromatic nitrogens is 1. The predicted octanol–water partition coefficient (Wildman–Crippen LogP) is 1.77. The van der Waals surface area contributed by atoms with Crippen molar-refractivity contribution in [2.45, 2.75) is 26.4 Å². The van der Waals surface area contributed by atoms with E-state index in [1.807, 2.05) is 13.8 Å². The number of hydrogen-bond acceptors (Lipinski definition) is 3. The molecule has 0 bridgehead atoms. The highest BCUT2D eigenvalue weighted by molar-refractivity contribution is 5.94. The minimum atomic E-state index is -0.747. The van der Waals surface area contributed by atoms with Crippen molar-refractivity contribution in [3.63, 3.8) is 0 Å². The van der Waals surface area contributed by atoms with Gasteiger partial charge in [-0.15, -0.1) is 0 Å². The molecule has 0 aliphatic heterocycles. The van der Waals surface area contributed by atoms with Crippen molar-refractivity contribution in [1.29, 1.82) is 0 Å². The number of nitrogens with zero attached hydrogens (tertiary/aromatic N) is 1. The summed E-state index contributed by atoms with van der Waals surface area (Å²) in [5.41, 5.74) is -0.0303. The van der Waals surface area contributed by atoms with Crippen LogP contribution in [-0.4, -0.2) is 30.1 Å². The van der Waals surface area contributed by atoms with E-state index in [1.54, 1.807) is 0 Å². The van der Waals surface area contributed by atoms with Gasteiger partial charge in [-0.1, -0.05) is 0 Å². The van der Waals surface area contributed by atoms with Gasteiger partial charge >= 0.3 is 0 Å². The lowest BCUT2D eigenvalue weighted by Crippen LogP contribution is -2.26. The summed E-state index contributed by atoms with van der Waals surface area (Å²) >= 11 is 0. The summed E-state index contributed by atoms with van der Waals surface area (Å²) in [5, 5.41) is 2.61. The zero-order valence-electron chi connectivity index (χ0n) is 10.1. The molecule has 1 heterocycles. The average molecular weight is 240 g/mol. The van der Waals surface area contributed by atoms with Gasteiger partial charge in [0.25, 0.3) is 5.91 Å².